The summed E-state index contributed by atoms with van der Waals surface area (Å²) in [6.45, 7) is 2.53. The Labute approximate surface area is 89.5 Å². The molecule has 0 spiro atoms. The van der Waals surface area contributed by atoms with E-state index in [4.69, 9.17) is 5.11 Å². The molecule has 0 aromatic heterocycles. The second-order valence-corrected chi connectivity index (χ2v) is 2.74. The van der Waals surface area contributed by atoms with Gasteiger partial charge in [-0.15, -0.1) is 12.4 Å². The summed E-state index contributed by atoms with van der Waals surface area (Å²) in [5, 5.41) is 11.8. The highest BCUT2D eigenvalue weighted by molar-refractivity contribution is 5.85. The van der Waals surface area contributed by atoms with Gasteiger partial charge in [-0.05, 0) is 12.1 Å². The van der Waals surface area contributed by atoms with Crippen molar-refractivity contribution in [3.05, 3.63) is 35.9 Å². The molecule has 0 heterocycles. The summed E-state index contributed by atoms with van der Waals surface area (Å²) in [5.74, 6) is -0.840. The molecule has 1 aromatic rings. The lowest BCUT2D eigenvalue weighted by atomic mass is 10.1. The summed E-state index contributed by atoms with van der Waals surface area (Å²) in [7, 11) is 0. The second kappa shape index (κ2) is 6.40. The minimum Gasteiger partial charge on any atom is -0.480 e. The molecule has 1 aromatic carbocycles. The molecule has 0 radical (unpaired) electrons. The van der Waals surface area contributed by atoms with Crippen LogP contribution in [0.15, 0.2) is 30.3 Å². The zero-order valence-corrected chi connectivity index (χ0v) is 8.75. The zero-order chi connectivity index (χ0) is 9.68. The third-order valence-corrected chi connectivity index (χ3v) is 1.79. The SMILES string of the molecule is CCN[C@H](C(=O)O)c1ccccc1.Cl. The predicted molar refractivity (Wildman–Crippen MR) is 57.7 cm³/mol. The summed E-state index contributed by atoms with van der Waals surface area (Å²) in [5.41, 5.74) is 0.789. The van der Waals surface area contributed by atoms with Crippen molar-refractivity contribution in [2.45, 2.75) is 13.0 Å². The first-order valence-corrected chi connectivity index (χ1v) is 4.27. The summed E-state index contributed by atoms with van der Waals surface area (Å²) < 4.78 is 0. The summed E-state index contributed by atoms with van der Waals surface area (Å²) in [6.07, 6.45) is 0. The Hall–Kier alpha value is -1.06. The lowest BCUT2D eigenvalue weighted by Gasteiger charge is -2.12. The highest BCUT2D eigenvalue weighted by Crippen LogP contribution is 2.11. The van der Waals surface area contributed by atoms with Gasteiger partial charge in [0.15, 0.2) is 0 Å². The molecular formula is C10H14ClNO2. The van der Waals surface area contributed by atoms with E-state index in [1.807, 2.05) is 25.1 Å². The average Bonchev–Trinajstić information content (AvgIpc) is 2.15. The van der Waals surface area contributed by atoms with E-state index in [1.54, 1.807) is 12.1 Å². The van der Waals surface area contributed by atoms with Crippen molar-refractivity contribution in [3.63, 3.8) is 0 Å². The first-order valence-electron chi connectivity index (χ1n) is 4.27. The molecule has 14 heavy (non-hydrogen) atoms. The predicted octanol–water partition coefficient (Wildman–Crippen LogP) is 1.84. The van der Waals surface area contributed by atoms with Crippen LogP contribution in [0.4, 0.5) is 0 Å². The lowest BCUT2D eigenvalue weighted by Crippen LogP contribution is -2.28. The minimum atomic E-state index is -0.840. The molecule has 0 unspecified atom stereocenters. The standard InChI is InChI=1S/C10H13NO2.ClH/c1-2-11-9(10(12)13)8-6-4-3-5-7-8;/h3-7,9,11H,2H2,1H3,(H,12,13);1H/t9-;/m0./s1. The molecule has 0 aliphatic heterocycles. The van der Waals surface area contributed by atoms with Crippen molar-refractivity contribution in [1.29, 1.82) is 0 Å². The van der Waals surface area contributed by atoms with Gasteiger partial charge in [0.1, 0.15) is 6.04 Å². The third-order valence-electron chi connectivity index (χ3n) is 1.79. The summed E-state index contributed by atoms with van der Waals surface area (Å²) in [6, 6.07) is 8.56. The highest BCUT2D eigenvalue weighted by Gasteiger charge is 2.17. The van der Waals surface area contributed by atoms with Crippen LogP contribution in [-0.2, 0) is 4.79 Å². The molecule has 0 fully saturated rings. The Kier molecular flexibility index (Phi) is 5.92. The van der Waals surface area contributed by atoms with E-state index in [1.165, 1.54) is 0 Å². The van der Waals surface area contributed by atoms with Crippen LogP contribution < -0.4 is 5.32 Å². The Morgan fingerprint density at radius 1 is 1.43 bits per heavy atom. The van der Waals surface area contributed by atoms with Crippen LogP contribution in [0.3, 0.4) is 0 Å². The van der Waals surface area contributed by atoms with E-state index in [0.29, 0.717) is 6.54 Å². The maximum atomic E-state index is 10.8. The van der Waals surface area contributed by atoms with Gasteiger partial charge in [-0.3, -0.25) is 4.79 Å². The van der Waals surface area contributed by atoms with Crippen LogP contribution in [0, 0.1) is 0 Å². The summed E-state index contributed by atoms with van der Waals surface area (Å²) >= 11 is 0. The van der Waals surface area contributed by atoms with Gasteiger partial charge in [0, 0.05) is 0 Å². The minimum absolute atomic E-state index is 0. The van der Waals surface area contributed by atoms with Crippen molar-refractivity contribution >= 4 is 18.4 Å². The Morgan fingerprint density at radius 3 is 2.43 bits per heavy atom. The number of nitrogens with one attached hydrogen (secondary N) is 1. The van der Waals surface area contributed by atoms with Gasteiger partial charge >= 0.3 is 5.97 Å². The van der Waals surface area contributed by atoms with Crippen LogP contribution in [-0.4, -0.2) is 17.6 Å². The van der Waals surface area contributed by atoms with Crippen molar-refractivity contribution in [2.75, 3.05) is 6.54 Å². The van der Waals surface area contributed by atoms with E-state index in [-0.39, 0.29) is 12.4 Å². The fraction of sp³-hybridized carbons (Fsp3) is 0.300. The average molecular weight is 216 g/mol. The number of benzene rings is 1. The van der Waals surface area contributed by atoms with Crippen LogP contribution in [0.5, 0.6) is 0 Å². The van der Waals surface area contributed by atoms with Crippen molar-refractivity contribution in [2.24, 2.45) is 0 Å². The maximum Gasteiger partial charge on any atom is 0.325 e. The highest BCUT2D eigenvalue weighted by atomic mass is 35.5. The van der Waals surface area contributed by atoms with Gasteiger partial charge in [0.2, 0.25) is 0 Å². The van der Waals surface area contributed by atoms with Crippen LogP contribution in [0.25, 0.3) is 0 Å². The molecule has 0 bridgehead atoms. The first kappa shape index (κ1) is 12.9. The Bertz CT molecular complexity index is 277. The molecule has 78 valence electrons. The molecule has 4 heteroatoms. The van der Waals surface area contributed by atoms with Gasteiger partial charge in [0.25, 0.3) is 0 Å². The van der Waals surface area contributed by atoms with Gasteiger partial charge in [-0.1, -0.05) is 37.3 Å². The number of carboxylic acids is 1. The fourth-order valence-electron chi connectivity index (χ4n) is 1.20. The quantitative estimate of drug-likeness (QED) is 0.806. The number of hydrogen-bond donors (Lipinski definition) is 2. The zero-order valence-electron chi connectivity index (χ0n) is 7.93. The number of rotatable bonds is 4. The largest absolute Gasteiger partial charge is 0.480 e. The molecule has 0 amide bonds. The molecule has 1 atom stereocenters. The molecule has 0 saturated carbocycles. The van der Waals surface area contributed by atoms with E-state index in [2.05, 4.69) is 5.32 Å². The van der Waals surface area contributed by atoms with Gasteiger partial charge < -0.3 is 10.4 Å². The Balaban J connectivity index is 0.00000169. The van der Waals surface area contributed by atoms with Crippen molar-refractivity contribution in [3.8, 4) is 0 Å². The molecule has 0 saturated heterocycles. The number of aliphatic carboxylic acids is 1. The topological polar surface area (TPSA) is 49.3 Å². The van der Waals surface area contributed by atoms with Crippen LogP contribution in [0.1, 0.15) is 18.5 Å². The Morgan fingerprint density at radius 2 is 2.00 bits per heavy atom. The monoisotopic (exact) mass is 215 g/mol. The van der Waals surface area contributed by atoms with Crippen molar-refractivity contribution < 1.29 is 9.90 Å². The number of carboxylic acid groups (broad SMARTS) is 1. The molecule has 0 aliphatic rings. The van der Waals surface area contributed by atoms with Gasteiger partial charge in [-0.2, -0.15) is 0 Å². The number of halogens is 1. The molecule has 1 rings (SSSR count). The second-order valence-electron chi connectivity index (χ2n) is 2.74. The number of likely N-dealkylation sites (N-methyl/N-ethyl adjacent to an activating group) is 1. The van der Waals surface area contributed by atoms with E-state index in [0.717, 1.165) is 5.56 Å². The van der Waals surface area contributed by atoms with Crippen LogP contribution in [0.2, 0.25) is 0 Å². The number of hydrogen-bond acceptors (Lipinski definition) is 2. The third kappa shape index (κ3) is 3.36. The van der Waals surface area contributed by atoms with Crippen LogP contribution >= 0.6 is 12.4 Å². The van der Waals surface area contributed by atoms with Crippen molar-refractivity contribution in [1.82, 2.24) is 5.32 Å². The molecule has 3 nitrogen and oxygen atoms in total. The molecular weight excluding hydrogens is 202 g/mol. The van der Waals surface area contributed by atoms with E-state index in [9.17, 15) is 4.79 Å². The smallest absolute Gasteiger partial charge is 0.325 e. The molecule has 0 aliphatic carbocycles. The summed E-state index contributed by atoms with van der Waals surface area (Å²) in [4.78, 5) is 10.8. The number of carbonyl (C=O) groups is 1. The van der Waals surface area contributed by atoms with E-state index < -0.39 is 12.0 Å². The lowest BCUT2D eigenvalue weighted by molar-refractivity contribution is -0.139. The van der Waals surface area contributed by atoms with E-state index >= 15 is 0 Å². The first-order chi connectivity index (χ1) is 6.25. The maximum absolute atomic E-state index is 10.8. The van der Waals surface area contributed by atoms with Gasteiger partial charge in [-0.25, -0.2) is 0 Å². The molecule has 2 N–H and O–H groups in total. The normalized spacial score (nSPS) is 11.5. The fourth-order valence-corrected chi connectivity index (χ4v) is 1.20. The van der Waals surface area contributed by atoms with Gasteiger partial charge in [0.05, 0.1) is 0 Å².